The first-order valence-electron chi connectivity index (χ1n) is 4.31. The van der Waals surface area contributed by atoms with Crippen molar-refractivity contribution in [3.8, 4) is 0 Å². The predicted molar refractivity (Wildman–Crippen MR) is 59.5 cm³/mol. The number of anilines is 1. The van der Waals surface area contributed by atoms with Crippen molar-refractivity contribution in [1.82, 2.24) is 0 Å². The number of hydrogen-bond acceptors (Lipinski definition) is 2. The molecule has 1 aromatic carbocycles. The summed E-state index contributed by atoms with van der Waals surface area (Å²) >= 11 is 0. The lowest BCUT2D eigenvalue weighted by atomic mass is 10.1. The van der Waals surface area contributed by atoms with Gasteiger partial charge in [0.2, 0.25) is 0 Å². The summed E-state index contributed by atoms with van der Waals surface area (Å²) in [7, 11) is 4.07. The molecular weight excluding hydrogens is 160 g/mol. The molecule has 0 aliphatic carbocycles. The molecule has 0 atom stereocenters. The molecule has 1 rings (SSSR count). The van der Waals surface area contributed by atoms with E-state index in [0.717, 1.165) is 5.69 Å². The van der Waals surface area contributed by atoms with Crippen LogP contribution in [0, 0.1) is 13.8 Å². The van der Waals surface area contributed by atoms with Crippen molar-refractivity contribution in [1.29, 1.82) is 0 Å². The lowest BCUT2D eigenvalue weighted by Crippen LogP contribution is -2.08. The molecule has 0 unspecified atom stereocenters. The van der Waals surface area contributed by atoms with Crippen molar-refractivity contribution >= 4 is 18.1 Å². The summed E-state index contributed by atoms with van der Waals surface area (Å²) in [4.78, 5) is 6.09. The Balaban J connectivity index is 3.28. The number of hydrogen-bond donors (Lipinski definition) is 0. The van der Waals surface area contributed by atoms with Gasteiger partial charge in [-0.3, -0.25) is 4.99 Å². The SMILES string of the molecule is C=Nc1c(C)cc(N(C)C)cc1C. The maximum Gasteiger partial charge on any atom is 0.0682 e. The van der Waals surface area contributed by atoms with E-state index in [1.165, 1.54) is 16.8 Å². The van der Waals surface area contributed by atoms with Gasteiger partial charge in [-0.15, -0.1) is 0 Å². The molecule has 0 aliphatic heterocycles. The minimum atomic E-state index is 1.01. The molecule has 0 aromatic heterocycles. The normalized spacial score (nSPS) is 9.85. The van der Waals surface area contributed by atoms with Crippen LogP contribution in [0.3, 0.4) is 0 Å². The fourth-order valence-electron chi connectivity index (χ4n) is 1.44. The summed E-state index contributed by atoms with van der Waals surface area (Å²) < 4.78 is 0. The fraction of sp³-hybridized carbons (Fsp3) is 0.364. The predicted octanol–water partition coefficient (Wildman–Crippen LogP) is 2.70. The Labute approximate surface area is 79.9 Å². The molecular formula is C11H16N2. The highest BCUT2D eigenvalue weighted by atomic mass is 15.1. The number of benzene rings is 1. The van der Waals surface area contributed by atoms with Crippen LogP contribution in [0.1, 0.15) is 11.1 Å². The molecule has 13 heavy (non-hydrogen) atoms. The van der Waals surface area contributed by atoms with Crippen LogP contribution in [0.15, 0.2) is 17.1 Å². The van der Waals surface area contributed by atoms with Crippen LogP contribution in [0.4, 0.5) is 11.4 Å². The number of aliphatic imine (C=N–C) groups is 1. The van der Waals surface area contributed by atoms with Gasteiger partial charge in [-0.1, -0.05) is 0 Å². The maximum absolute atomic E-state index is 4.00. The average molecular weight is 176 g/mol. The van der Waals surface area contributed by atoms with Gasteiger partial charge in [0.05, 0.1) is 5.69 Å². The zero-order valence-electron chi connectivity index (χ0n) is 8.76. The van der Waals surface area contributed by atoms with Gasteiger partial charge < -0.3 is 4.90 Å². The molecule has 0 N–H and O–H groups in total. The highest BCUT2D eigenvalue weighted by Gasteiger charge is 2.03. The molecule has 70 valence electrons. The smallest absolute Gasteiger partial charge is 0.0682 e. The molecule has 2 heteroatoms. The van der Waals surface area contributed by atoms with E-state index in [2.05, 4.69) is 42.6 Å². The monoisotopic (exact) mass is 176 g/mol. The molecule has 0 heterocycles. The molecule has 0 radical (unpaired) electrons. The topological polar surface area (TPSA) is 15.6 Å². The Bertz CT molecular complexity index is 304. The molecule has 0 fully saturated rings. The van der Waals surface area contributed by atoms with E-state index in [1.807, 2.05) is 14.1 Å². The van der Waals surface area contributed by atoms with E-state index in [9.17, 15) is 0 Å². The third kappa shape index (κ3) is 1.89. The zero-order chi connectivity index (χ0) is 10.0. The first-order chi connectivity index (χ1) is 6.06. The van der Waals surface area contributed by atoms with Gasteiger partial charge in [0.15, 0.2) is 0 Å². The summed E-state index contributed by atoms with van der Waals surface area (Å²) in [5.74, 6) is 0. The second-order valence-electron chi connectivity index (χ2n) is 3.48. The van der Waals surface area contributed by atoms with Crippen molar-refractivity contribution in [2.75, 3.05) is 19.0 Å². The highest BCUT2D eigenvalue weighted by molar-refractivity contribution is 5.63. The van der Waals surface area contributed by atoms with Crippen LogP contribution in [-0.2, 0) is 0 Å². The van der Waals surface area contributed by atoms with Crippen LogP contribution in [-0.4, -0.2) is 20.8 Å². The minimum absolute atomic E-state index is 1.01. The molecule has 1 aromatic rings. The second-order valence-corrected chi connectivity index (χ2v) is 3.48. The van der Waals surface area contributed by atoms with Gasteiger partial charge >= 0.3 is 0 Å². The van der Waals surface area contributed by atoms with Crippen LogP contribution >= 0.6 is 0 Å². The third-order valence-corrected chi connectivity index (χ3v) is 2.15. The van der Waals surface area contributed by atoms with E-state index in [-0.39, 0.29) is 0 Å². The molecule has 2 nitrogen and oxygen atoms in total. The fourth-order valence-corrected chi connectivity index (χ4v) is 1.44. The molecule has 0 amide bonds. The zero-order valence-corrected chi connectivity index (χ0v) is 8.76. The highest BCUT2D eigenvalue weighted by Crippen LogP contribution is 2.27. The van der Waals surface area contributed by atoms with Crippen molar-refractivity contribution < 1.29 is 0 Å². The van der Waals surface area contributed by atoms with Crippen LogP contribution in [0.2, 0.25) is 0 Å². The van der Waals surface area contributed by atoms with Crippen molar-refractivity contribution in [3.05, 3.63) is 23.3 Å². The Kier molecular flexibility index (Phi) is 2.71. The third-order valence-electron chi connectivity index (χ3n) is 2.15. The lowest BCUT2D eigenvalue weighted by molar-refractivity contribution is 1.12. The van der Waals surface area contributed by atoms with E-state index in [4.69, 9.17) is 0 Å². The van der Waals surface area contributed by atoms with Gasteiger partial charge in [-0.25, -0.2) is 0 Å². The first-order valence-corrected chi connectivity index (χ1v) is 4.31. The summed E-state index contributed by atoms with van der Waals surface area (Å²) in [6.07, 6.45) is 0. The van der Waals surface area contributed by atoms with Crippen LogP contribution < -0.4 is 4.90 Å². The standard InChI is InChI=1S/C11H16N2/c1-8-6-10(13(4)5)7-9(2)11(8)12-3/h6-7H,3H2,1-2,4-5H3. The molecule has 0 spiro atoms. The number of aryl methyl sites for hydroxylation is 2. The van der Waals surface area contributed by atoms with E-state index in [1.54, 1.807) is 0 Å². The van der Waals surface area contributed by atoms with Crippen molar-refractivity contribution in [3.63, 3.8) is 0 Å². The van der Waals surface area contributed by atoms with Gasteiger partial charge in [0.25, 0.3) is 0 Å². The summed E-state index contributed by atoms with van der Waals surface area (Å²) in [6.45, 7) is 7.68. The van der Waals surface area contributed by atoms with Crippen LogP contribution in [0.5, 0.6) is 0 Å². The van der Waals surface area contributed by atoms with Crippen LogP contribution in [0.25, 0.3) is 0 Å². The molecule has 0 saturated carbocycles. The number of rotatable bonds is 2. The maximum atomic E-state index is 4.00. The summed E-state index contributed by atoms with van der Waals surface area (Å²) in [6, 6.07) is 4.24. The van der Waals surface area contributed by atoms with Gasteiger partial charge in [0.1, 0.15) is 0 Å². The van der Waals surface area contributed by atoms with Crippen molar-refractivity contribution in [2.24, 2.45) is 4.99 Å². The Morgan fingerprint density at radius 2 is 1.62 bits per heavy atom. The molecule has 0 aliphatic rings. The van der Waals surface area contributed by atoms with E-state index >= 15 is 0 Å². The number of nitrogens with zero attached hydrogens (tertiary/aromatic N) is 2. The van der Waals surface area contributed by atoms with Gasteiger partial charge in [0, 0.05) is 19.8 Å². The quantitative estimate of drug-likeness (QED) is 0.632. The Morgan fingerprint density at radius 3 is 1.92 bits per heavy atom. The van der Waals surface area contributed by atoms with E-state index < -0.39 is 0 Å². The second kappa shape index (κ2) is 3.60. The van der Waals surface area contributed by atoms with Gasteiger partial charge in [-0.2, -0.15) is 0 Å². The largest absolute Gasteiger partial charge is 0.378 e. The van der Waals surface area contributed by atoms with Crippen molar-refractivity contribution in [2.45, 2.75) is 13.8 Å². The average Bonchev–Trinajstić information content (AvgIpc) is 2.03. The van der Waals surface area contributed by atoms with E-state index in [0.29, 0.717) is 0 Å². The van der Waals surface area contributed by atoms with Gasteiger partial charge in [-0.05, 0) is 43.8 Å². The molecule has 0 bridgehead atoms. The summed E-state index contributed by atoms with van der Waals surface area (Å²) in [5.41, 5.74) is 4.57. The minimum Gasteiger partial charge on any atom is -0.378 e. The molecule has 0 saturated heterocycles. The Hall–Kier alpha value is -1.31. The first kappa shape index (κ1) is 9.78. The summed E-state index contributed by atoms with van der Waals surface area (Å²) in [5, 5.41) is 0. The lowest BCUT2D eigenvalue weighted by Gasteiger charge is -2.15. The Morgan fingerprint density at radius 1 is 1.15 bits per heavy atom.